The van der Waals surface area contributed by atoms with Crippen molar-refractivity contribution in [2.75, 3.05) is 32.9 Å². The van der Waals surface area contributed by atoms with Crippen molar-refractivity contribution in [1.29, 1.82) is 0 Å². The van der Waals surface area contributed by atoms with E-state index in [0.717, 1.165) is 4.68 Å². The largest absolute Gasteiger partial charge is 0.481 e. The molecule has 0 aliphatic carbocycles. The van der Waals surface area contributed by atoms with Gasteiger partial charge in [-0.3, -0.25) is 9.59 Å². The third-order valence-electron chi connectivity index (χ3n) is 4.83. The van der Waals surface area contributed by atoms with Crippen molar-refractivity contribution in [3.8, 4) is 5.75 Å². The van der Waals surface area contributed by atoms with Crippen LogP contribution in [0.15, 0.2) is 55.6 Å². The van der Waals surface area contributed by atoms with Crippen LogP contribution in [0.25, 0.3) is 10.9 Å². The number of halogens is 2. The van der Waals surface area contributed by atoms with Crippen molar-refractivity contribution < 1.29 is 14.3 Å². The van der Waals surface area contributed by atoms with Crippen LogP contribution in [-0.2, 0) is 9.53 Å². The number of para-hydroxylation sites is 1. The Bertz CT molecular complexity index is 1290. The number of aromatic nitrogens is 2. The fraction of sp³-hybridized carbons (Fsp3) is 0.238. The Morgan fingerprint density at radius 3 is 2.75 bits per heavy atom. The van der Waals surface area contributed by atoms with Crippen LogP contribution in [0.4, 0.5) is 0 Å². The van der Waals surface area contributed by atoms with Crippen molar-refractivity contribution >= 4 is 50.6 Å². The maximum Gasteiger partial charge on any atom is 0.349 e. The Labute approximate surface area is 195 Å². The molecular weight excluding hydrogens is 504 g/mol. The molecule has 4 rings (SSSR count). The second-order valence-corrected chi connectivity index (χ2v) is 8.19. The Kier molecular flexibility index (Phi) is 6.73. The van der Waals surface area contributed by atoms with Gasteiger partial charge in [-0.05, 0) is 45.8 Å². The molecule has 1 aliphatic heterocycles. The number of carbonyl (C=O) groups excluding carboxylic acids is 1. The highest BCUT2D eigenvalue weighted by molar-refractivity contribution is 9.10. The third kappa shape index (κ3) is 4.77. The summed E-state index contributed by atoms with van der Waals surface area (Å²) in [7, 11) is 0. The number of carbonyl (C=O) groups is 1. The average molecular weight is 522 g/mol. The highest BCUT2D eigenvalue weighted by atomic mass is 79.9. The van der Waals surface area contributed by atoms with Crippen molar-refractivity contribution in [2.24, 2.45) is 5.10 Å². The van der Waals surface area contributed by atoms with Crippen LogP contribution < -0.4 is 16.0 Å². The van der Waals surface area contributed by atoms with Gasteiger partial charge in [-0.15, -0.1) is 4.68 Å². The molecule has 1 aromatic heterocycles. The molecule has 0 saturated carbocycles. The van der Waals surface area contributed by atoms with Crippen LogP contribution in [-0.4, -0.2) is 59.6 Å². The molecule has 0 spiro atoms. The summed E-state index contributed by atoms with van der Waals surface area (Å²) in [6.45, 7) is 1.91. The maximum absolute atomic E-state index is 12.6. The first kappa shape index (κ1) is 22.3. The van der Waals surface area contributed by atoms with Gasteiger partial charge in [0, 0.05) is 13.1 Å². The van der Waals surface area contributed by atoms with E-state index in [4.69, 9.17) is 21.1 Å². The fourth-order valence-corrected chi connectivity index (χ4v) is 4.20. The van der Waals surface area contributed by atoms with Gasteiger partial charge in [-0.2, -0.15) is 5.10 Å². The molecule has 1 N–H and O–H groups in total. The lowest BCUT2D eigenvalue weighted by molar-refractivity contribution is -0.137. The quantitative estimate of drug-likeness (QED) is 0.518. The van der Waals surface area contributed by atoms with E-state index in [1.165, 1.54) is 6.21 Å². The predicted molar refractivity (Wildman–Crippen MR) is 124 cm³/mol. The molecular formula is C21H18BrClN4O5. The number of aromatic amines is 1. The van der Waals surface area contributed by atoms with Gasteiger partial charge in [0.05, 0.1) is 39.8 Å². The molecule has 0 unspecified atom stereocenters. The summed E-state index contributed by atoms with van der Waals surface area (Å²) in [6, 6.07) is 9.90. The number of rotatable bonds is 5. The summed E-state index contributed by atoms with van der Waals surface area (Å²) in [5.41, 5.74) is -0.231. The Hall–Kier alpha value is -2.95. The second kappa shape index (κ2) is 9.68. The zero-order valence-electron chi connectivity index (χ0n) is 16.7. The Morgan fingerprint density at radius 2 is 2.00 bits per heavy atom. The van der Waals surface area contributed by atoms with E-state index in [0.29, 0.717) is 53.0 Å². The molecule has 1 amide bonds. The maximum atomic E-state index is 12.6. The SMILES string of the molecule is O=C(COc1c(Cl)cc(C=Nn2c(=O)[nH]c3ccccc3c2=O)cc1Br)N1CCOCC1. The van der Waals surface area contributed by atoms with Crippen molar-refractivity contribution in [3.05, 3.63) is 72.3 Å². The number of hydrogen-bond acceptors (Lipinski definition) is 6. The van der Waals surface area contributed by atoms with Gasteiger partial charge in [0.1, 0.15) is 0 Å². The molecule has 0 atom stereocenters. The summed E-state index contributed by atoms with van der Waals surface area (Å²) in [6.07, 6.45) is 1.34. The van der Waals surface area contributed by atoms with E-state index >= 15 is 0 Å². The second-order valence-electron chi connectivity index (χ2n) is 6.93. The normalized spacial score (nSPS) is 14.2. The lowest BCUT2D eigenvalue weighted by Crippen LogP contribution is -2.43. The summed E-state index contributed by atoms with van der Waals surface area (Å²) < 4.78 is 12.1. The molecule has 1 aliphatic rings. The molecule has 2 heterocycles. The topological polar surface area (TPSA) is 106 Å². The lowest BCUT2D eigenvalue weighted by atomic mass is 10.2. The number of nitrogens with zero attached hydrogens (tertiary/aromatic N) is 3. The molecule has 9 nitrogen and oxygen atoms in total. The molecule has 0 radical (unpaired) electrons. The number of benzene rings is 2. The van der Waals surface area contributed by atoms with Crippen LogP contribution >= 0.6 is 27.5 Å². The van der Waals surface area contributed by atoms with E-state index < -0.39 is 11.2 Å². The van der Waals surface area contributed by atoms with Gasteiger partial charge < -0.3 is 19.4 Å². The molecule has 32 heavy (non-hydrogen) atoms. The van der Waals surface area contributed by atoms with E-state index in [9.17, 15) is 14.4 Å². The number of ether oxygens (including phenoxy) is 2. The monoisotopic (exact) mass is 520 g/mol. The van der Waals surface area contributed by atoms with E-state index in [-0.39, 0.29) is 17.5 Å². The van der Waals surface area contributed by atoms with E-state index in [2.05, 4.69) is 26.0 Å². The summed E-state index contributed by atoms with van der Waals surface area (Å²) >= 11 is 9.71. The van der Waals surface area contributed by atoms with E-state index in [1.54, 1.807) is 41.3 Å². The van der Waals surface area contributed by atoms with Crippen molar-refractivity contribution in [2.45, 2.75) is 0 Å². The van der Waals surface area contributed by atoms with Gasteiger partial charge in [0.2, 0.25) is 0 Å². The first-order chi connectivity index (χ1) is 15.4. The Balaban J connectivity index is 1.53. The molecule has 166 valence electrons. The minimum atomic E-state index is -0.656. The zero-order valence-corrected chi connectivity index (χ0v) is 19.1. The fourth-order valence-electron chi connectivity index (χ4n) is 3.21. The predicted octanol–water partition coefficient (Wildman–Crippen LogP) is 2.23. The van der Waals surface area contributed by atoms with Crippen molar-refractivity contribution in [1.82, 2.24) is 14.6 Å². The van der Waals surface area contributed by atoms with Gasteiger partial charge in [-0.1, -0.05) is 23.7 Å². The first-order valence-electron chi connectivity index (χ1n) is 9.70. The minimum absolute atomic E-state index is 0.156. The number of amides is 1. The highest BCUT2D eigenvalue weighted by Gasteiger charge is 2.18. The van der Waals surface area contributed by atoms with Crippen molar-refractivity contribution in [3.63, 3.8) is 0 Å². The minimum Gasteiger partial charge on any atom is -0.481 e. The van der Waals surface area contributed by atoms with E-state index in [1.807, 2.05) is 0 Å². The number of nitrogens with one attached hydrogen (secondary N) is 1. The summed E-state index contributed by atoms with van der Waals surface area (Å²) in [4.78, 5) is 41.4. The molecule has 3 aromatic rings. The van der Waals surface area contributed by atoms with Crippen LogP contribution in [0.1, 0.15) is 5.56 Å². The standard InChI is InChI=1S/C21H18BrClN4O5/c22-15-9-13(10-16(23)19(15)32-12-18(28)26-5-7-31-8-6-26)11-24-27-20(29)14-3-1-2-4-17(14)25-21(27)30/h1-4,9-11H,5-8,12H2,(H,25,30). The molecule has 1 fully saturated rings. The third-order valence-corrected chi connectivity index (χ3v) is 5.70. The van der Waals surface area contributed by atoms with Crippen LogP contribution in [0.5, 0.6) is 5.75 Å². The molecule has 11 heteroatoms. The van der Waals surface area contributed by atoms with Gasteiger partial charge in [0.25, 0.3) is 11.5 Å². The van der Waals surface area contributed by atoms with Gasteiger partial charge in [-0.25, -0.2) is 4.79 Å². The first-order valence-corrected chi connectivity index (χ1v) is 10.9. The Morgan fingerprint density at radius 1 is 1.25 bits per heavy atom. The zero-order chi connectivity index (χ0) is 22.7. The summed E-state index contributed by atoms with van der Waals surface area (Å²) in [5.74, 6) is 0.156. The number of H-pyrrole nitrogens is 1. The number of fused-ring (bicyclic) bond motifs is 1. The lowest BCUT2D eigenvalue weighted by Gasteiger charge is -2.26. The smallest absolute Gasteiger partial charge is 0.349 e. The van der Waals surface area contributed by atoms with Crippen LogP contribution in [0, 0.1) is 0 Å². The molecule has 2 aromatic carbocycles. The summed E-state index contributed by atoms with van der Waals surface area (Å²) in [5, 5.41) is 4.61. The molecule has 1 saturated heterocycles. The van der Waals surface area contributed by atoms with Gasteiger partial charge in [0.15, 0.2) is 12.4 Å². The average Bonchev–Trinajstić information content (AvgIpc) is 2.79. The van der Waals surface area contributed by atoms with Crippen LogP contribution in [0.3, 0.4) is 0 Å². The number of hydrogen-bond donors (Lipinski definition) is 1. The highest BCUT2D eigenvalue weighted by Crippen LogP contribution is 2.34. The number of morpholine rings is 1. The van der Waals surface area contributed by atoms with Gasteiger partial charge >= 0.3 is 5.69 Å². The molecule has 0 bridgehead atoms. The van der Waals surface area contributed by atoms with Crippen LogP contribution in [0.2, 0.25) is 5.02 Å².